The third-order valence-electron chi connectivity index (χ3n) is 6.15. The van der Waals surface area contributed by atoms with E-state index < -0.39 is 11.6 Å². The summed E-state index contributed by atoms with van der Waals surface area (Å²) in [5.74, 6) is -0.858. The molecule has 2 aromatic heterocycles. The van der Waals surface area contributed by atoms with E-state index >= 15 is 0 Å². The molecule has 3 aromatic carbocycles. The van der Waals surface area contributed by atoms with Crippen molar-refractivity contribution >= 4 is 39.1 Å². The molecule has 0 unspecified atom stereocenters. The molecule has 6 nitrogen and oxygen atoms in total. The molecule has 2 heterocycles. The fourth-order valence-electron chi connectivity index (χ4n) is 4.23. The van der Waals surface area contributed by atoms with Crippen molar-refractivity contribution in [2.45, 2.75) is 46.6 Å². The largest absolute Gasteiger partial charge is 0.481 e. The van der Waals surface area contributed by atoms with Gasteiger partial charge in [-0.15, -0.1) is 11.3 Å². The summed E-state index contributed by atoms with van der Waals surface area (Å²) >= 11 is 7.70. The number of aliphatic hydroxyl groups is 1. The van der Waals surface area contributed by atoms with Gasteiger partial charge in [-0.3, -0.25) is 9.48 Å². The van der Waals surface area contributed by atoms with Crippen molar-refractivity contribution in [3.8, 4) is 32.8 Å². The Labute approximate surface area is 237 Å². The quantitative estimate of drug-likeness (QED) is 0.229. The molecule has 0 bridgehead atoms. The van der Waals surface area contributed by atoms with Crippen LogP contribution in [0.3, 0.4) is 0 Å². The van der Waals surface area contributed by atoms with Crippen LogP contribution >= 0.6 is 22.9 Å². The van der Waals surface area contributed by atoms with E-state index in [0.717, 1.165) is 59.9 Å². The van der Waals surface area contributed by atoms with Crippen LogP contribution in [-0.4, -0.2) is 36.5 Å². The minimum atomic E-state index is -0.858. The van der Waals surface area contributed by atoms with Crippen molar-refractivity contribution in [3.63, 3.8) is 0 Å². The van der Waals surface area contributed by atoms with Crippen molar-refractivity contribution in [2.75, 3.05) is 0 Å². The summed E-state index contributed by atoms with van der Waals surface area (Å²) in [7, 11) is 1.94. The number of thiazole rings is 1. The highest BCUT2D eigenvalue weighted by Crippen LogP contribution is 2.41. The number of aromatic nitrogens is 3. The third-order valence-corrected chi connectivity index (χ3v) is 7.54. The molecule has 5 aromatic rings. The summed E-state index contributed by atoms with van der Waals surface area (Å²) in [4.78, 5) is 16.6. The van der Waals surface area contributed by atoms with Crippen molar-refractivity contribution < 1.29 is 15.0 Å². The second kappa shape index (κ2) is 11.3. The van der Waals surface area contributed by atoms with E-state index in [1.165, 1.54) is 0 Å². The van der Waals surface area contributed by atoms with Gasteiger partial charge in [0.05, 0.1) is 28.4 Å². The van der Waals surface area contributed by atoms with Gasteiger partial charge in [0, 0.05) is 34.5 Å². The number of carboxylic acids is 1. The highest BCUT2D eigenvalue weighted by Gasteiger charge is 2.19. The van der Waals surface area contributed by atoms with Gasteiger partial charge >= 0.3 is 5.97 Å². The molecule has 0 amide bonds. The SMILES string of the molecule is CC(C)(C)O.Cc1cc2nc(-c3ccc(-c4cnn(C)c4C)cc3)sc2c(-c2ccc(Cl)cc2)c1CC(=O)O. The van der Waals surface area contributed by atoms with Gasteiger partial charge in [-0.2, -0.15) is 5.10 Å². The molecule has 202 valence electrons. The smallest absolute Gasteiger partial charge is 0.307 e. The van der Waals surface area contributed by atoms with Gasteiger partial charge in [-0.1, -0.05) is 48.0 Å². The predicted molar refractivity (Wildman–Crippen MR) is 160 cm³/mol. The average Bonchev–Trinajstić information content (AvgIpc) is 3.42. The number of rotatable bonds is 5. The molecule has 0 saturated heterocycles. The van der Waals surface area contributed by atoms with Crippen LogP contribution in [0.5, 0.6) is 0 Å². The lowest BCUT2D eigenvalue weighted by atomic mass is 9.93. The van der Waals surface area contributed by atoms with Crippen LogP contribution in [-0.2, 0) is 18.3 Å². The summed E-state index contributed by atoms with van der Waals surface area (Å²) in [6, 6.07) is 17.9. The van der Waals surface area contributed by atoms with Gasteiger partial charge in [-0.25, -0.2) is 4.98 Å². The molecule has 0 atom stereocenters. The molecule has 0 spiro atoms. The molecule has 0 radical (unpaired) electrons. The summed E-state index contributed by atoms with van der Waals surface area (Å²) in [5, 5.41) is 24.0. The van der Waals surface area contributed by atoms with Crippen LogP contribution in [0.1, 0.15) is 37.6 Å². The summed E-state index contributed by atoms with van der Waals surface area (Å²) < 4.78 is 2.85. The van der Waals surface area contributed by atoms with Gasteiger partial charge < -0.3 is 10.2 Å². The van der Waals surface area contributed by atoms with Crippen LogP contribution in [0.4, 0.5) is 0 Å². The number of fused-ring (bicyclic) bond motifs is 1. The summed E-state index contributed by atoms with van der Waals surface area (Å²) in [5.41, 5.74) is 8.29. The van der Waals surface area contributed by atoms with E-state index in [2.05, 4.69) is 36.3 Å². The van der Waals surface area contributed by atoms with Crippen molar-refractivity contribution in [2.24, 2.45) is 7.05 Å². The maximum absolute atomic E-state index is 11.7. The first kappa shape index (κ1) is 28.5. The first-order valence-corrected chi connectivity index (χ1v) is 13.7. The molecule has 0 aliphatic rings. The van der Waals surface area contributed by atoms with Crippen molar-refractivity contribution in [1.82, 2.24) is 14.8 Å². The zero-order chi connectivity index (χ0) is 28.5. The molecule has 0 aliphatic heterocycles. The molecule has 0 saturated carbocycles. The average molecular weight is 562 g/mol. The maximum Gasteiger partial charge on any atom is 0.307 e. The van der Waals surface area contributed by atoms with Crippen LogP contribution in [0.15, 0.2) is 60.8 Å². The van der Waals surface area contributed by atoms with Crippen LogP contribution in [0.25, 0.3) is 43.0 Å². The zero-order valence-electron chi connectivity index (χ0n) is 22.9. The lowest BCUT2D eigenvalue weighted by Gasteiger charge is -2.13. The number of aliphatic carboxylic acids is 1. The van der Waals surface area contributed by atoms with Crippen LogP contribution in [0, 0.1) is 13.8 Å². The molecule has 2 N–H and O–H groups in total. The second-order valence-corrected chi connectivity index (χ2v) is 11.9. The second-order valence-electron chi connectivity index (χ2n) is 10.5. The van der Waals surface area contributed by atoms with Crippen LogP contribution < -0.4 is 0 Å². The van der Waals surface area contributed by atoms with Gasteiger partial charge in [0.15, 0.2) is 0 Å². The summed E-state index contributed by atoms with van der Waals surface area (Å²) in [6.07, 6.45) is 1.83. The Morgan fingerprint density at radius 3 is 2.10 bits per heavy atom. The lowest BCUT2D eigenvalue weighted by Crippen LogP contribution is -2.10. The summed E-state index contributed by atoms with van der Waals surface area (Å²) in [6.45, 7) is 9.23. The van der Waals surface area contributed by atoms with Crippen molar-refractivity contribution in [1.29, 1.82) is 0 Å². The Kier molecular flexibility index (Phi) is 8.25. The van der Waals surface area contributed by atoms with E-state index in [1.54, 1.807) is 32.1 Å². The van der Waals surface area contributed by atoms with E-state index in [9.17, 15) is 9.90 Å². The highest BCUT2D eigenvalue weighted by atomic mass is 35.5. The number of aryl methyl sites for hydroxylation is 2. The zero-order valence-corrected chi connectivity index (χ0v) is 24.5. The Morgan fingerprint density at radius 2 is 1.56 bits per heavy atom. The van der Waals surface area contributed by atoms with E-state index in [-0.39, 0.29) is 6.42 Å². The van der Waals surface area contributed by atoms with Gasteiger partial charge in [0.2, 0.25) is 0 Å². The van der Waals surface area contributed by atoms with E-state index in [1.807, 2.05) is 55.2 Å². The minimum Gasteiger partial charge on any atom is -0.481 e. The fraction of sp³-hybridized carbons (Fsp3) is 0.258. The topological polar surface area (TPSA) is 88.2 Å². The molecule has 5 rings (SSSR count). The number of carboxylic acid groups (broad SMARTS) is 1. The number of nitrogens with zero attached hydrogens (tertiary/aromatic N) is 3. The Bertz CT molecular complexity index is 1620. The number of hydrogen-bond acceptors (Lipinski definition) is 5. The lowest BCUT2D eigenvalue weighted by molar-refractivity contribution is -0.136. The molecule has 0 aliphatic carbocycles. The normalized spacial score (nSPS) is 11.4. The highest BCUT2D eigenvalue weighted by molar-refractivity contribution is 7.22. The molecular formula is C31H32ClN3O3S. The predicted octanol–water partition coefficient (Wildman–Crippen LogP) is 7.71. The van der Waals surface area contributed by atoms with E-state index in [0.29, 0.717) is 5.02 Å². The number of halogens is 1. The first-order chi connectivity index (χ1) is 18.3. The van der Waals surface area contributed by atoms with Gasteiger partial charge in [-0.05, 0) is 75.1 Å². The Balaban J connectivity index is 0.000000648. The number of carbonyl (C=O) groups is 1. The van der Waals surface area contributed by atoms with Crippen LogP contribution in [0.2, 0.25) is 5.02 Å². The fourth-order valence-corrected chi connectivity index (χ4v) is 5.50. The standard InChI is InChI=1S/C27H22ClN3O2S.C4H10O/c1-15-12-23-26(25(21(15)13-24(32)33)18-8-10-20(28)11-9-18)34-27(30-23)19-6-4-17(5-7-19)22-14-29-31(3)16(22)2;1-4(2,3)5/h4-12,14H,13H2,1-3H3,(H,32,33);5H,1-3H3. The third kappa shape index (κ3) is 6.74. The minimum absolute atomic E-state index is 0.0495. The Hall–Kier alpha value is -3.52. The molecule has 0 fully saturated rings. The monoisotopic (exact) mass is 561 g/mol. The number of hydrogen-bond donors (Lipinski definition) is 2. The molecule has 39 heavy (non-hydrogen) atoms. The maximum atomic E-state index is 11.7. The molecular weight excluding hydrogens is 530 g/mol. The first-order valence-electron chi connectivity index (χ1n) is 12.5. The molecule has 8 heteroatoms. The van der Waals surface area contributed by atoms with E-state index in [4.69, 9.17) is 21.7 Å². The van der Waals surface area contributed by atoms with Gasteiger partial charge in [0.1, 0.15) is 5.01 Å². The van der Waals surface area contributed by atoms with Crippen molar-refractivity contribution in [3.05, 3.63) is 82.6 Å². The Morgan fingerprint density at radius 1 is 1.00 bits per heavy atom. The van der Waals surface area contributed by atoms with Gasteiger partial charge in [0.25, 0.3) is 0 Å². The number of benzene rings is 3.